The molecule has 1 heterocycles. The molecule has 0 radical (unpaired) electrons. The Hall–Kier alpha value is -2.01. The van der Waals surface area contributed by atoms with Crippen molar-refractivity contribution in [2.24, 2.45) is 0 Å². The van der Waals surface area contributed by atoms with Crippen molar-refractivity contribution in [2.75, 3.05) is 20.3 Å². The molecule has 5 heteroatoms. The first-order chi connectivity index (χ1) is 8.90. The van der Waals surface area contributed by atoms with Gasteiger partial charge in [0, 0.05) is 12.6 Å². The molecule has 0 atom stereocenters. The normalized spacial score (nSPS) is 10.3. The van der Waals surface area contributed by atoms with Gasteiger partial charge in [-0.15, -0.1) is 0 Å². The van der Waals surface area contributed by atoms with Crippen LogP contribution in [0.4, 0.5) is 0 Å². The van der Waals surface area contributed by atoms with Gasteiger partial charge in [0.1, 0.15) is 12.4 Å². The van der Waals surface area contributed by atoms with Gasteiger partial charge in [-0.05, 0) is 12.1 Å². The highest BCUT2D eigenvalue weighted by molar-refractivity contribution is 5.39. The number of methoxy groups -OCH3 is 1. The summed E-state index contributed by atoms with van der Waals surface area (Å²) in [6.07, 6.45) is 1.63. The second kappa shape index (κ2) is 6.66. The summed E-state index contributed by atoms with van der Waals surface area (Å²) in [5.74, 6) is 2.31. The lowest BCUT2D eigenvalue weighted by Gasteiger charge is -2.10. The van der Waals surface area contributed by atoms with E-state index in [0.29, 0.717) is 13.2 Å². The first-order valence-electron chi connectivity index (χ1n) is 5.76. The van der Waals surface area contributed by atoms with Crippen LogP contribution in [0.15, 0.2) is 41.1 Å². The lowest BCUT2D eigenvalue weighted by molar-refractivity contribution is 0.288. The minimum absolute atomic E-state index is 0.564. The predicted octanol–water partition coefficient (Wildman–Crippen LogP) is 1.85. The second-order valence-corrected chi connectivity index (χ2v) is 3.65. The summed E-state index contributed by atoms with van der Waals surface area (Å²) in [5, 5.41) is 6.82. The molecule has 96 valence electrons. The van der Waals surface area contributed by atoms with E-state index in [2.05, 4.69) is 10.5 Å². The van der Waals surface area contributed by atoms with Crippen molar-refractivity contribution in [3.63, 3.8) is 0 Å². The highest BCUT2D eigenvalue weighted by atomic mass is 16.5. The van der Waals surface area contributed by atoms with Crippen LogP contribution in [0.2, 0.25) is 0 Å². The van der Waals surface area contributed by atoms with E-state index in [4.69, 9.17) is 14.0 Å². The van der Waals surface area contributed by atoms with Crippen LogP contribution in [0.3, 0.4) is 0 Å². The van der Waals surface area contributed by atoms with Crippen LogP contribution in [0.1, 0.15) is 5.76 Å². The number of nitrogens with one attached hydrogen (secondary N) is 1. The number of rotatable bonds is 7. The molecule has 0 unspecified atom stereocenters. The number of hydrogen-bond acceptors (Lipinski definition) is 5. The zero-order chi connectivity index (χ0) is 12.6. The molecule has 5 nitrogen and oxygen atoms in total. The smallest absolute Gasteiger partial charge is 0.161 e. The van der Waals surface area contributed by atoms with Crippen molar-refractivity contribution in [3.05, 3.63) is 42.3 Å². The molecule has 0 saturated carbocycles. The summed E-state index contributed by atoms with van der Waals surface area (Å²) < 4.78 is 15.8. The van der Waals surface area contributed by atoms with E-state index in [1.807, 2.05) is 30.3 Å². The number of hydrogen-bond donors (Lipinski definition) is 1. The maximum absolute atomic E-state index is 5.61. The van der Waals surface area contributed by atoms with Gasteiger partial charge in [0.25, 0.3) is 0 Å². The van der Waals surface area contributed by atoms with Gasteiger partial charge in [-0.3, -0.25) is 0 Å². The molecule has 0 saturated heterocycles. The lowest BCUT2D eigenvalue weighted by atomic mass is 10.3. The van der Waals surface area contributed by atoms with Crippen molar-refractivity contribution in [3.8, 4) is 11.5 Å². The van der Waals surface area contributed by atoms with Gasteiger partial charge in [-0.2, -0.15) is 0 Å². The Labute approximate surface area is 106 Å². The van der Waals surface area contributed by atoms with Gasteiger partial charge in [0.2, 0.25) is 0 Å². The largest absolute Gasteiger partial charge is 0.493 e. The Morgan fingerprint density at radius 1 is 1.22 bits per heavy atom. The Morgan fingerprint density at radius 2 is 2.06 bits per heavy atom. The van der Waals surface area contributed by atoms with Crippen LogP contribution in [0.25, 0.3) is 0 Å². The van der Waals surface area contributed by atoms with E-state index < -0.39 is 0 Å². The van der Waals surface area contributed by atoms with E-state index in [1.165, 1.54) is 0 Å². The molecular formula is C13H16N2O3. The number of aromatic nitrogens is 1. The van der Waals surface area contributed by atoms with Crippen LogP contribution < -0.4 is 14.8 Å². The van der Waals surface area contributed by atoms with Gasteiger partial charge in [-0.25, -0.2) is 0 Å². The van der Waals surface area contributed by atoms with Gasteiger partial charge < -0.3 is 19.3 Å². The van der Waals surface area contributed by atoms with Crippen LogP contribution in [-0.4, -0.2) is 25.4 Å². The van der Waals surface area contributed by atoms with Crippen molar-refractivity contribution in [2.45, 2.75) is 6.54 Å². The molecule has 0 aliphatic heterocycles. The van der Waals surface area contributed by atoms with E-state index in [-0.39, 0.29) is 0 Å². The summed E-state index contributed by atoms with van der Waals surface area (Å²) in [7, 11) is 1.63. The van der Waals surface area contributed by atoms with Crippen molar-refractivity contribution in [1.29, 1.82) is 0 Å². The summed E-state index contributed by atoms with van der Waals surface area (Å²) in [4.78, 5) is 0. The molecule has 2 aromatic rings. The van der Waals surface area contributed by atoms with Gasteiger partial charge >= 0.3 is 0 Å². The molecule has 0 aliphatic rings. The topological polar surface area (TPSA) is 56.5 Å². The zero-order valence-electron chi connectivity index (χ0n) is 10.3. The Kier molecular flexibility index (Phi) is 4.60. The molecule has 0 amide bonds. The average Bonchev–Trinajstić information content (AvgIpc) is 2.92. The number of ether oxygens (including phenoxy) is 2. The molecule has 1 aromatic carbocycles. The lowest BCUT2D eigenvalue weighted by Crippen LogP contribution is -2.20. The summed E-state index contributed by atoms with van der Waals surface area (Å²) >= 11 is 0. The average molecular weight is 248 g/mol. The summed E-state index contributed by atoms with van der Waals surface area (Å²) in [6, 6.07) is 9.41. The van der Waals surface area contributed by atoms with Crippen molar-refractivity contribution in [1.82, 2.24) is 10.5 Å². The number of nitrogens with zero attached hydrogens (tertiary/aromatic N) is 1. The van der Waals surface area contributed by atoms with Gasteiger partial charge in [0.15, 0.2) is 11.5 Å². The maximum atomic E-state index is 5.61. The molecule has 0 spiro atoms. The van der Waals surface area contributed by atoms with Crippen LogP contribution >= 0.6 is 0 Å². The molecule has 2 rings (SSSR count). The SMILES string of the molecule is COc1ccccc1OCCNCc1ccno1. The van der Waals surface area contributed by atoms with Crippen LogP contribution in [-0.2, 0) is 6.54 Å². The van der Waals surface area contributed by atoms with Crippen LogP contribution in [0.5, 0.6) is 11.5 Å². The van der Waals surface area contributed by atoms with Crippen LogP contribution in [0, 0.1) is 0 Å². The molecule has 1 N–H and O–H groups in total. The fraction of sp³-hybridized carbons (Fsp3) is 0.308. The minimum Gasteiger partial charge on any atom is -0.493 e. The third kappa shape index (κ3) is 3.49. The fourth-order valence-corrected chi connectivity index (χ4v) is 1.52. The molecule has 1 aromatic heterocycles. The van der Waals surface area contributed by atoms with Gasteiger partial charge in [0.05, 0.1) is 19.9 Å². The molecule has 18 heavy (non-hydrogen) atoms. The molecule has 0 fully saturated rings. The number of para-hydroxylation sites is 2. The highest BCUT2D eigenvalue weighted by Crippen LogP contribution is 2.25. The Bertz CT molecular complexity index is 457. The zero-order valence-corrected chi connectivity index (χ0v) is 10.3. The summed E-state index contributed by atoms with van der Waals surface area (Å²) in [6.45, 7) is 1.93. The number of benzene rings is 1. The van der Waals surface area contributed by atoms with Crippen molar-refractivity contribution < 1.29 is 14.0 Å². The monoisotopic (exact) mass is 248 g/mol. The molecular weight excluding hydrogens is 232 g/mol. The van der Waals surface area contributed by atoms with E-state index in [0.717, 1.165) is 23.8 Å². The quantitative estimate of drug-likeness (QED) is 0.758. The molecule has 0 aliphatic carbocycles. The second-order valence-electron chi connectivity index (χ2n) is 3.65. The highest BCUT2D eigenvalue weighted by Gasteiger charge is 2.01. The Balaban J connectivity index is 1.69. The maximum Gasteiger partial charge on any atom is 0.161 e. The predicted molar refractivity (Wildman–Crippen MR) is 66.7 cm³/mol. The first kappa shape index (κ1) is 12.4. The van der Waals surface area contributed by atoms with Gasteiger partial charge in [-0.1, -0.05) is 17.3 Å². The third-order valence-electron chi connectivity index (χ3n) is 2.40. The van der Waals surface area contributed by atoms with Crippen molar-refractivity contribution >= 4 is 0 Å². The first-order valence-corrected chi connectivity index (χ1v) is 5.76. The van der Waals surface area contributed by atoms with E-state index >= 15 is 0 Å². The molecule has 0 bridgehead atoms. The minimum atomic E-state index is 0.564. The standard InChI is InChI=1S/C13H16N2O3/c1-16-12-4-2-3-5-13(12)17-9-8-14-10-11-6-7-15-18-11/h2-7,14H,8-10H2,1H3. The summed E-state index contributed by atoms with van der Waals surface area (Å²) in [5.41, 5.74) is 0. The third-order valence-corrected chi connectivity index (χ3v) is 2.40. The fourth-order valence-electron chi connectivity index (χ4n) is 1.52. The van der Waals surface area contributed by atoms with E-state index in [1.54, 1.807) is 13.3 Å². The van der Waals surface area contributed by atoms with E-state index in [9.17, 15) is 0 Å². The Morgan fingerprint density at radius 3 is 2.78 bits per heavy atom.